The zero-order valence-corrected chi connectivity index (χ0v) is 24.6. The number of benzene rings is 3. The summed E-state index contributed by atoms with van der Waals surface area (Å²) in [5, 5.41) is 0.721. The minimum Gasteiger partial charge on any atom is -0.489 e. The van der Waals surface area contributed by atoms with Crippen LogP contribution in [0, 0.1) is 6.92 Å². The van der Waals surface area contributed by atoms with Gasteiger partial charge in [-0.15, -0.1) is 0 Å². The summed E-state index contributed by atoms with van der Waals surface area (Å²) >= 11 is 6.22. The van der Waals surface area contributed by atoms with E-state index < -0.39 is 23.7 Å². The van der Waals surface area contributed by atoms with Crippen molar-refractivity contribution in [2.24, 2.45) is 0 Å². The number of halogens is 1. The molecule has 3 aromatic carbocycles. The molecule has 0 spiro atoms. The number of methoxy groups -OCH3 is 1. The maximum absolute atomic E-state index is 13.0. The quantitative estimate of drug-likeness (QED) is 0.316. The van der Waals surface area contributed by atoms with E-state index in [1.165, 1.54) is 12.0 Å². The van der Waals surface area contributed by atoms with E-state index in [0.717, 1.165) is 38.6 Å². The predicted molar refractivity (Wildman–Crippen MR) is 154 cm³/mol. The minimum atomic E-state index is -0.790. The molecule has 41 heavy (non-hydrogen) atoms. The zero-order valence-electron chi connectivity index (χ0n) is 23.9. The fourth-order valence-corrected chi connectivity index (χ4v) is 5.05. The van der Waals surface area contributed by atoms with Gasteiger partial charge in [-0.05, 0) is 85.8 Å². The molecule has 0 bridgehead atoms. The zero-order chi connectivity index (χ0) is 29.3. The largest absolute Gasteiger partial charge is 0.489 e. The van der Waals surface area contributed by atoms with Crippen molar-refractivity contribution in [2.75, 3.05) is 13.7 Å². The highest BCUT2D eigenvalue weighted by molar-refractivity contribution is 6.31. The van der Waals surface area contributed by atoms with Crippen molar-refractivity contribution in [3.05, 3.63) is 87.4 Å². The number of hydrogen-bond donors (Lipinski definition) is 0. The number of carbonyl (C=O) groups is 2. The molecule has 1 amide bonds. The second-order valence-electron chi connectivity index (χ2n) is 11.3. The standard InChI is InChI=1S/C32H34ClNO7/c1-19-6-7-20(12-25(19)33)17-38-24-10-8-21(9-11-24)29-18-39-27-14-22-13-26(30(35)37-5)34(31(36)41-32(2,3)4)16-23(22)15-28(27)40-29/h6-12,14-15,26,29H,13,16-18H2,1-5H3/t26?,29-/m1/s1. The van der Waals surface area contributed by atoms with Crippen LogP contribution in [-0.4, -0.2) is 42.3 Å². The van der Waals surface area contributed by atoms with Gasteiger partial charge < -0.3 is 23.7 Å². The van der Waals surface area contributed by atoms with Crippen molar-refractivity contribution < 1.29 is 33.3 Å². The Balaban J connectivity index is 1.29. The van der Waals surface area contributed by atoms with E-state index in [0.29, 0.717) is 24.7 Å². The van der Waals surface area contributed by atoms with Gasteiger partial charge in [-0.3, -0.25) is 4.90 Å². The summed E-state index contributed by atoms with van der Waals surface area (Å²) in [6.07, 6.45) is -0.602. The summed E-state index contributed by atoms with van der Waals surface area (Å²) in [4.78, 5) is 27.0. The number of esters is 1. The van der Waals surface area contributed by atoms with Crippen molar-refractivity contribution in [3.8, 4) is 17.2 Å². The molecule has 216 valence electrons. The van der Waals surface area contributed by atoms with Crippen molar-refractivity contribution in [1.29, 1.82) is 0 Å². The third kappa shape index (κ3) is 6.54. The molecule has 9 heteroatoms. The first-order valence-corrected chi connectivity index (χ1v) is 13.9. The maximum Gasteiger partial charge on any atom is 0.411 e. The van der Waals surface area contributed by atoms with Crippen LogP contribution >= 0.6 is 11.6 Å². The van der Waals surface area contributed by atoms with Crippen LogP contribution < -0.4 is 14.2 Å². The number of hydrogen-bond acceptors (Lipinski definition) is 7. The summed E-state index contributed by atoms with van der Waals surface area (Å²) in [5.41, 5.74) is 4.03. The molecule has 2 heterocycles. The lowest BCUT2D eigenvalue weighted by atomic mass is 9.93. The smallest absolute Gasteiger partial charge is 0.411 e. The van der Waals surface area contributed by atoms with Gasteiger partial charge in [0.15, 0.2) is 17.6 Å². The average Bonchev–Trinajstić information content (AvgIpc) is 2.94. The Morgan fingerprint density at radius 2 is 1.76 bits per heavy atom. The predicted octanol–water partition coefficient (Wildman–Crippen LogP) is 6.57. The van der Waals surface area contributed by atoms with Crippen molar-refractivity contribution in [1.82, 2.24) is 4.90 Å². The monoisotopic (exact) mass is 579 g/mol. The highest BCUT2D eigenvalue weighted by Crippen LogP contribution is 2.41. The van der Waals surface area contributed by atoms with E-state index in [4.69, 9.17) is 35.3 Å². The summed E-state index contributed by atoms with van der Waals surface area (Å²) in [7, 11) is 1.31. The highest BCUT2D eigenvalue weighted by atomic mass is 35.5. The maximum atomic E-state index is 13.0. The highest BCUT2D eigenvalue weighted by Gasteiger charge is 2.39. The molecule has 2 aliphatic heterocycles. The van der Waals surface area contributed by atoms with Gasteiger partial charge in [-0.1, -0.05) is 35.9 Å². The second-order valence-corrected chi connectivity index (χ2v) is 11.7. The van der Waals surface area contributed by atoms with Gasteiger partial charge in [0.2, 0.25) is 0 Å². The third-order valence-corrected chi connectivity index (χ3v) is 7.46. The van der Waals surface area contributed by atoms with Gasteiger partial charge in [0.05, 0.1) is 13.7 Å². The molecule has 0 aromatic heterocycles. The summed E-state index contributed by atoms with van der Waals surface area (Å²) in [6.45, 7) is 8.26. The van der Waals surface area contributed by atoms with E-state index in [-0.39, 0.29) is 19.1 Å². The fraction of sp³-hybridized carbons (Fsp3) is 0.375. The molecule has 0 radical (unpaired) electrons. The lowest BCUT2D eigenvalue weighted by molar-refractivity contribution is -0.147. The molecule has 1 unspecified atom stereocenters. The number of aryl methyl sites for hydroxylation is 1. The van der Waals surface area contributed by atoms with Gasteiger partial charge in [-0.2, -0.15) is 0 Å². The molecule has 0 N–H and O–H groups in total. The van der Waals surface area contributed by atoms with Crippen molar-refractivity contribution in [2.45, 2.75) is 65.0 Å². The van der Waals surface area contributed by atoms with Crippen LogP contribution in [-0.2, 0) is 33.8 Å². The first-order valence-electron chi connectivity index (χ1n) is 13.5. The summed E-state index contributed by atoms with van der Waals surface area (Å²) in [5.74, 6) is 1.42. The average molecular weight is 580 g/mol. The van der Waals surface area contributed by atoms with Crippen molar-refractivity contribution >= 4 is 23.7 Å². The molecule has 5 rings (SSSR count). The van der Waals surface area contributed by atoms with Crippen LogP contribution in [0.15, 0.2) is 54.6 Å². The first kappa shape index (κ1) is 28.6. The van der Waals surface area contributed by atoms with E-state index in [1.807, 2.05) is 61.5 Å². The van der Waals surface area contributed by atoms with Gasteiger partial charge in [-0.25, -0.2) is 9.59 Å². The Morgan fingerprint density at radius 1 is 1.02 bits per heavy atom. The minimum absolute atomic E-state index is 0.184. The van der Waals surface area contributed by atoms with Crippen LogP contribution in [0.25, 0.3) is 0 Å². The number of amides is 1. The summed E-state index contributed by atoms with van der Waals surface area (Å²) in [6, 6.07) is 16.6. The third-order valence-electron chi connectivity index (χ3n) is 7.05. The van der Waals surface area contributed by atoms with Crippen LogP contribution in [0.4, 0.5) is 4.79 Å². The Bertz CT molecular complexity index is 1450. The Labute approximate surface area is 245 Å². The lowest BCUT2D eigenvalue weighted by Gasteiger charge is -2.37. The van der Waals surface area contributed by atoms with Crippen LogP contribution in [0.3, 0.4) is 0 Å². The first-order chi connectivity index (χ1) is 19.5. The molecule has 2 atom stereocenters. The fourth-order valence-electron chi connectivity index (χ4n) is 4.85. The molecule has 0 saturated heterocycles. The van der Waals surface area contributed by atoms with Crippen molar-refractivity contribution in [3.63, 3.8) is 0 Å². The van der Waals surface area contributed by atoms with Gasteiger partial charge in [0.25, 0.3) is 0 Å². The number of fused-ring (bicyclic) bond motifs is 2. The number of rotatable bonds is 5. The van der Waals surface area contributed by atoms with Gasteiger partial charge in [0, 0.05) is 11.4 Å². The Morgan fingerprint density at radius 3 is 2.44 bits per heavy atom. The SMILES string of the molecule is COC(=O)C1Cc2cc3c(cc2CN1C(=O)OC(C)(C)C)O[C@@H](c1ccc(OCc2ccc(C)c(Cl)c2)cc1)CO3. The molecule has 8 nitrogen and oxygen atoms in total. The molecule has 0 aliphatic carbocycles. The number of carbonyl (C=O) groups excluding carboxylic acids is 2. The van der Waals surface area contributed by atoms with Gasteiger partial charge >= 0.3 is 12.1 Å². The van der Waals surface area contributed by atoms with E-state index >= 15 is 0 Å². The molecule has 0 saturated carbocycles. The topological polar surface area (TPSA) is 83.5 Å². The molecule has 2 aliphatic rings. The molecular weight excluding hydrogens is 546 g/mol. The van der Waals surface area contributed by atoms with E-state index in [2.05, 4.69) is 0 Å². The second kappa shape index (κ2) is 11.5. The van der Waals surface area contributed by atoms with E-state index in [1.54, 1.807) is 20.8 Å². The van der Waals surface area contributed by atoms with E-state index in [9.17, 15) is 9.59 Å². The van der Waals surface area contributed by atoms with Crippen LogP contribution in [0.2, 0.25) is 5.02 Å². The Kier molecular flexibility index (Phi) is 8.04. The number of nitrogens with zero attached hydrogens (tertiary/aromatic N) is 1. The van der Waals surface area contributed by atoms with Gasteiger partial charge in [0.1, 0.15) is 30.6 Å². The molecule has 3 aromatic rings. The Hall–Kier alpha value is -3.91. The number of ether oxygens (including phenoxy) is 5. The molecule has 0 fully saturated rings. The van der Waals surface area contributed by atoms with Crippen LogP contribution in [0.1, 0.15) is 54.7 Å². The lowest BCUT2D eigenvalue weighted by Crippen LogP contribution is -2.50. The van der Waals surface area contributed by atoms with Crippen LogP contribution in [0.5, 0.6) is 17.2 Å². The normalized spacial score (nSPS) is 17.9. The summed E-state index contributed by atoms with van der Waals surface area (Å²) < 4.78 is 28.9. The molecular formula is C32H34ClNO7.